The summed E-state index contributed by atoms with van der Waals surface area (Å²) < 4.78 is 2.08. The highest BCUT2D eigenvalue weighted by Crippen LogP contribution is 2.20. The van der Waals surface area contributed by atoms with Gasteiger partial charge < -0.3 is 10.6 Å². The van der Waals surface area contributed by atoms with Crippen molar-refractivity contribution in [1.82, 2.24) is 10.2 Å². The number of nitrogens with one attached hydrogen (secondary N) is 2. The first kappa shape index (κ1) is 15.0. The van der Waals surface area contributed by atoms with Gasteiger partial charge in [0.2, 0.25) is 0 Å². The molecule has 6 heteroatoms. The summed E-state index contributed by atoms with van der Waals surface area (Å²) in [5.74, 6) is 1.40. The Labute approximate surface area is 145 Å². The average molecular weight is 420 g/mol. The van der Waals surface area contributed by atoms with Crippen LogP contribution in [0.25, 0.3) is 0 Å². The number of hydrogen-bond acceptors (Lipinski definition) is 4. The molecule has 0 amide bonds. The maximum atomic E-state index is 4.17. The molecule has 0 atom stereocenters. The molecule has 22 heavy (non-hydrogen) atoms. The van der Waals surface area contributed by atoms with E-state index in [0.29, 0.717) is 11.6 Å². The van der Waals surface area contributed by atoms with Gasteiger partial charge in [0.1, 0.15) is 0 Å². The van der Waals surface area contributed by atoms with Crippen molar-refractivity contribution < 1.29 is 0 Å². The molecule has 110 valence electrons. The van der Waals surface area contributed by atoms with E-state index in [4.69, 9.17) is 0 Å². The fourth-order valence-corrected chi connectivity index (χ4v) is 2.36. The smallest absolute Gasteiger partial charge is 0.153 e. The van der Waals surface area contributed by atoms with Crippen molar-refractivity contribution in [2.24, 2.45) is 0 Å². The molecule has 0 radical (unpaired) electrons. The predicted octanol–water partition coefficient (Wildman–Crippen LogP) is 5.49. The van der Waals surface area contributed by atoms with E-state index >= 15 is 0 Å². The first-order chi connectivity index (χ1) is 10.7. The Morgan fingerprint density at radius 1 is 0.545 bits per heavy atom. The van der Waals surface area contributed by atoms with Gasteiger partial charge in [-0.15, -0.1) is 10.2 Å². The van der Waals surface area contributed by atoms with E-state index in [9.17, 15) is 0 Å². The number of benzene rings is 2. The van der Waals surface area contributed by atoms with E-state index in [1.807, 2.05) is 60.7 Å². The van der Waals surface area contributed by atoms with Gasteiger partial charge in [-0.3, -0.25) is 0 Å². The van der Waals surface area contributed by atoms with E-state index < -0.39 is 0 Å². The first-order valence-corrected chi connectivity index (χ1v) is 8.16. The van der Waals surface area contributed by atoms with Gasteiger partial charge in [-0.25, -0.2) is 0 Å². The summed E-state index contributed by atoms with van der Waals surface area (Å²) in [6, 6.07) is 19.5. The van der Waals surface area contributed by atoms with Crippen LogP contribution in [0.5, 0.6) is 0 Å². The molecular weight excluding hydrogens is 408 g/mol. The Hall–Kier alpha value is -1.92. The first-order valence-electron chi connectivity index (χ1n) is 6.58. The SMILES string of the molecule is Brc1ccc(Nc2ccc(Nc3ccc(Br)cc3)nn2)cc1. The van der Waals surface area contributed by atoms with Crippen LogP contribution in [0.3, 0.4) is 0 Å². The lowest BCUT2D eigenvalue weighted by Gasteiger charge is -2.07. The summed E-state index contributed by atoms with van der Waals surface area (Å²) in [7, 11) is 0. The van der Waals surface area contributed by atoms with Crippen molar-refractivity contribution in [3.05, 3.63) is 69.6 Å². The van der Waals surface area contributed by atoms with Crippen LogP contribution in [-0.2, 0) is 0 Å². The van der Waals surface area contributed by atoms with E-state index in [1.165, 1.54) is 0 Å². The summed E-state index contributed by atoms with van der Waals surface area (Å²) in [6.07, 6.45) is 0. The molecule has 2 N–H and O–H groups in total. The molecule has 2 aromatic carbocycles. The molecule has 3 rings (SSSR count). The second-order valence-electron chi connectivity index (χ2n) is 4.57. The highest BCUT2D eigenvalue weighted by molar-refractivity contribution is 9.10. The van der Waals surface area contributed by atoms with Crippen molar-refractivity contribution in [2.75, 3.05) is 10.6 Å². The predicted molar refractivity (Wildman–Crippen MR) is 96.9 cm³/mol. The Morgan fingerprint density at radius 3 is 1.23 bits per heavy atom. The van der Waals surface area contributed by atoms with E-state index in [0.717, 1.165) is 20.3 Å². The third-order valence-corrected chi connectivity index (χ3v) is 3.96. The van der Waals surface area contributed by atoms with Crippen molar-refractivity contribution >= 4 is 54.9 Å². The van der Waals surface area contributed by atoms with E-state index in [2.05, 4.69) is 52.7 Å². The number of hydrogen-bond donors (Lipinski definition) is 2. The van der Waals surface area contributed by atoms with Crippen molar-refractivity contribution in [3.8, 4) is 0 Å². The van der Waals surface area contributed by atoms with Gasteiger partial charge in [0.25, 0.3) is 0 Å². The molecule has 3 aromatic rings. The Kier molecular flexibility index (Phi) is 4.70. The number of anilines is 4. The summed E-state index contributed by atoms with van der Waals surface area (Å²) in [4.78, 5) is 0. The molecule has 1 heterocycles. The molecule has 0 saturated heterocycles. The molecule has 0 unspecified atom stereocenters. The second-order valence-corrected chi connectivity index (χ2v) is 6.40. The Balaban J connectivity index is 1.67. The lowest BCUT2D eigenvalue weighted by atomic mass is 10.3. The minimum atomic E-state index is 0.698. The van der Waals surface area contributed by atoms with E-state index in [-0.39, 0.29) is 0 Å². The molecule has 0 aliphatic heterocycles. The zero-order valence-corrected chi connectivity index (χ0v) is 14.6. The molecule has 4 nitrogen and oxygen atoms in total. The molecule has 0 aliphatic carbocycles. The summed E-state index contributed by atoms with van der Waals surface area (Å²) in [5.41, 5.74) is 1.93. The quantitative estimate of drug-likeness (QED) is 0.587. The normalized spacial score (nSPS) is 10.3. The van der Waals surface area contributed by atoms with Crippen LogP contribution in [0.1, 0.15) is 0 Å². The molecule has 1 aromatic heterocycles. The van der Waals surface area contributed by atoms with Crippen LogP contribution in [0.4, 0.5) is 23.0 Å². The van der Waals surface area contributed by atoms with E-state index in [1.54, 1.807) is 0 Å². The topological polar surface area (TPSA) is 49.8 Å². The minimum Gasteiger partial charge on any atom is -0.339 e. The highest BCUT2D eigenvalue weighted by atomic mass is 79.9. The van der Waals surface area contributed by atoms with Crippen LogP contribution in [-0.4, -0.2) is 10.2 Å². The van der Waals surface area contributed by atoms with Crippen molar-refractivity contribution in [3.63, 3.8) is 0 Å². The number of nitrogens with zero attached hydrogens (tertiary/aromatic N) is 2. The van der Waals surface area contributed by atoms with Crippen molar-refractivity contribution in [2.45, 2.75) is 0 Å². The molecule has 0 saturated carbocycles. The van der Waals surface area contributed by atoms with Crippen LogP contribution in [0.2, 0.25) is 0 Å². The number of aromatic nitrogens is 2. The van der Waals surface area contributed by atoms with Gasteiger partial charge >= 0.3 is 0 Å². The maximum Gasteiger partial charge on any atom is 0.153 e. The van der Waals surface area contributed by atoms with Crippen LogP contribution < -0.4 is 10.6 Å². The largest absolute Gasteiger partial charge is 0.339 e. The third kappa shape index (κ3) is 4.05. The van der Waals surface area contributed by atoms with Gasteiger partial charge in [0.15, 0.2) is 11.6 Å². The Bertz CT molecular complexity index is 674. The van der Waals surface area contributed by atoms with Crippen LogP contribution in [0, 0.1) is 0 Å². The fraction of sp³-hybridized carbons (Fsp3) is 0. The van der Waals surface area contributed by atoms with Crippen LogP contribution >= 0.6 is 31.9 Å². The van der Waals surface area contributed by atoms with Gasteiger partial charge in [-0.1, -0.05) is 31.9 Å². The monoisotopic (exact) mass is 418 g/mol. The Morgan fingerprint density at radius 2 is 0.909 bits per heavy atom. The van der Waals surface area contributed by atoms with Gasteiger partial charge in [-0.2, -0.15) is 0 Å². The zero-order valence-electron chi connectivity index (χ0n) is 11.4. The maximum absolute atomic E-state index is 4.17. The lowest BCUT2D eigenvalue weighted by Crippen LogP contribution is -1.99. The average Bonchev–Trinajstić information content (AvgIpc) is 2.54. The fourth-order valence-electron chi connectivity index (χ4n) is 1.83. The summed E-state index contributed by atoms with van der Waals surface area (Å²) >= 11 is 6.82. The molecule has 0 bridgehead atoms. The molecular formula is C16H12Br2N4. The molecule has 0 fully saturated rings. The summed E-state index contributed by atoms with van der Waals surface area (Å²) in [6.45, 7) is 0. The van der Waals surface area contributed by atoms with Gasteiger partial charge in [-0.05, 0) is 60.7 Å². The third-order valence-electron chi connectivity index (χ3n) is 2.90. The van der Waals surface area contributed by atoms with Gasteiger partial charge in [0.05, 0.1) is 0 Å². The number of halogens is 2. The highest BCUT2D eigenvalue weighted by Gasteiger charge is 2.00. The van der Waals surface area contributed by atoms with Crippen LogP contribution in [0.15, 0.2) is 69.6 Å². The van der Waals surface area contributed by atoms with Crippen molar-refractivity contribution in [1.29, 1.82) is 0 Å². The second kappa shape index (κ2) is 6.89. The molecule has 0 aliphatic rings. The number of rotatable bonds is 4. The minimum absolute atomic E-state index is 0.698. The zero-order chi connectivity index (χ0) is 15.4. The van der Waals surface area contributed by atoms with Gasteiger partial charge in [0, 0.05) is 20.3 Å². The lowest BCUT2D eigenvalue weighted by molar-refractivity contribution is 1.04. The summed E-state index contributed by atoms with van der Waals surface area (Å²) in [5, 5.41) is 14.7. The standard InChI is InChI=1S/C16H12Br2N4/c17-11-1-5-13(6-2-11)19-15-9-10-16(22-21-15)20-14-7-3-12(18)4-8-14/h1-10H,(H,19,21)(H,20,22). The molecule has 0 spiro atoms.